The van der Waals surface area contributed by atoms with E-state index in [0.717, 1.165) is 12.1 Å². The normalized spacial score (nSPS) is 9.88. The van der Waals surface area contributed by atoms with Crippen molar-refractivity contribution in [3.8, 4) is 11.1 Å². The lowest BCUT2D eigenvalue weighted by atomic mass is 10.1. The molecule has 4 rings (SSSR count). The van der Waals surface area contributed by atoms with Crippen LogP contribution in [0, 0.1) is 6.92 Å². The largest absolute Gasteiger partial charge is 0.264 e. The van der Waals surface area contributed by atoms with E-state index in [0.29, 0.717) is 0 Å². The van der Waals surface area contributed by atoms with Gasteiger partial charge in [-0.15, -0.1) is 0 Å². The topological polar surface area (TPSA) is 25.8 Å². The van der Waals surface area contributed by atoms with Crippen LogP contribution in [-0.4, -0.2) is 9.97 Å². The molecule has 128 valence electrons. The summed E-state index contributed by atoms with van der Waals surface area (Å²) in [5, 5.41) is 0. The Morgan fingerprint density at radius 3 is 2.00 bits per heavy atom. The highest BCUT2D eigenvalue weighted by Gasteiger charge is 1.95. The molecule has 0 saturated carbocycles. The van der Waals surface area contributed by atoms with Crippen LogP contribution in [0.5, 0.6) is 0 Å². The monoisotopic (exact) mass is 338 g/mol. The Labute approximate surface area is 155 Å². The van der Waals surface area contributed by atoms with Gasteiger partial charge in [0.05, 0.1) is 0 Å². The van der Waals surface area contributed by atoms with E-state index in [1.807, 2.05) is 55.7 Å². The van der Waals surface area contributed by atoms with Gasteiger partial charge in [0.25, 0.3) is 0 Å². The van der Waals surface area contributed by atoms with Crippen molar-refractivity contribution in [2.75, 3.05) is 0 Å². The predicted octanol–water partition coefficient (Wildman–Crippen LogP) is 5.73. The van der Waals surface area contributed by atoms with Crippen LogP contribution in [-0.2, 0) is 6.42 Å². The molecule has 2 nitrogen and oxygen atoms in total. The molecular weight excluding hydrogens is 316 g/mol. The van der Waals surface area contributed by atoms with Gasteiger partial charge in [-0.05, 0) is 53.8 Å². The number of hydrogen-bond donors (Lipinski definition) is 0. The number of benzene rings is 2. The third-order valence-electron chi connectivity index (χ3n) is 3.98. The molecule has 0 aliphatic rings. The summed E-state index contributed by atoms with van der Waals surface area (Å²) in [6, 6.07) is 28.9. The fourth-order valence-electron chi connectivity index (χ4n) is 2.69. The van der Waals surface area contributed by atoms with Crippen LogP contribution in [0.3, 0.4) is 0 Å². The summed E-state index contributed by atoms with van der Waals surface area (Å²) in [7, 11) is 0. The molecule has 0 fully saturated rings. The summed E-state index contributed by atoms with van der Waals surface area (Å²) in [5.74, 6) is 0. The molecule has 0 N–H and O–H groups in total. The van der Waals surface area contributed by atoms with Gasteiger partial charge in [-0.3, -0.25) is 9.97 Å². The fourth-order valence-corrected chi connectivity index (χ4v) is 2.69. The molecule has 26 heavy (non-hydrogen) atoms. The van der Waals surface area contributed by atoms with Crippen LogP contribution in [0.25, 0.3) is 11.1 Å². The second-order valence-electron chi connectivity index (χ2n) is 6.08. The minimum absolute atomic E-state index is 0.967. The van der Waals surface area contributed by atoms with Gasteiger partial charge in [-0.25, -0.2) is 0 Å². The summed E-state index contributed by atoms with van der Waals surface area (Å²) in [5.41, 5.74) is 6.12. The molecule has 2 aromatic heterocycles. The maximum atomic E-state index is 4.17. The van der Waals surface area contributed by atoms with Crippen LogP contribution in [0.15, 0.2) is 104 Å². The highest BCUT2D eigenvalue weighted by molar-refractivity contribution is 5.62. The van der Waals surface area contributed by atoms with Gasteiger partial charge in [0, 0.05) is 24.3 Å². The van der Waals surface area contributed by atoms with E-state index in [1.54, 1.807) is 6.20 Å². The number of rotatable bonds is 3. The lowest BCUT2D eigenvalue weighted by Crippen LogP contribution is -1.87. The predicted molar refractivity (Wildman–Crippen MR) is 108 cm³/mol. The molecule has 0 bridgehead atoms. The molecule has 2 aromatic carbocycles. The summed E-state index contributed by atoms with van der Waals surface area (Å²) in [6.45, 7) is 2.01. The second-order valence-corrected chi connectivity index (χ2v) is 6.08. The van der Waals surface area contributed by atoms with Crippen molar-refractivity contribution in [1.82, 2.24) is 9.97 Å². The lowest BCUT2D eigenvalue weighted by Gasteiger charge is -2.00. The van der Waals surface area contributed by atoms with Gasteiger partial charge in [-0.2, -0.15) is 0 Å². The van der Waals surface area contributed by atoms with Gasteiger partial charge in [0.15, 0.2) is 0 Å². The zero-order valence-corrected chi connectivity index (χ0v) is 14.9. The van der Waals surface area contributed by atoms with E-state index in [1.165, 1.54) is 22.3 Å². The molecular formula is C24H22N2. The van der Waals surface area contributed by atoms with Crippen molar-refractivity contribution in [3.63, 3.8) is 0 Å². The average molecular weight is 338 g/mol. The molecule has 0 spiro atoms. The van der Waals surface area contributed by atoms with Crippen molar-refractivity contribution in [1.29, 1.82) is 0 Å². The van der Waals surface area contributed by atoms with E-state index < -0.39 is 0 Å². The molecule has 0 aliphatic heterocycles. The van der Waals surface area contributed by atoms with Crippen LogP contribution in [0.2, 0.25) is 0 Å². The highest BCUT2D eigenvalue weighted by Crippen LogP contribution is 2.18. The van der Waals surface area contributed by atoms with E-state index >= 15 is 0 Å². The molecule has 2 heteroatoms. The van der Waals surface area contributed by atoms with Crippen LogP contribution < -0.4 is 0 Å². The molecule has 0 radical (unpaired) electrons. The number of aromatic nitrogens is 2. The highest BCUT2D eigenvalue weighted by atomic mass is 14.6. The maximum Gasteiger partial charge on any atom is 0.0378 e. The van der Waals surface area contributed by atoms with Gasteiger partial charge in [0.1, 0.15) is 0 Å². The summed E-state index contributed by atoms with van der Waals surface area (Å²) >= 11 is 0. The minimum Gasteiger partial charge on any atom is -0.264 e. The van der Waals surface area contributed by atoms with Gasteiger partial charge in [-0.1, -0.05) is 66.7 Å². The SMILES string of the molecule is Cc1cc(-c2ccccc2)ccn1.c1ccc(Cc2cccnc2)cc1. The molecule has 0 atom stereocenters. The Morgan fingerprint density at radius 2 is 1.35 bits per heavy atom. The average Bonchev–Trinajstić information content (AvgIpc) is 2.71. The first-order valence-electron chi connectivity index (χ1n) is 8.72. The Balaban J connectivity index is 0.000000151. The van der Waals surface area contributed by atoms with E-state index in [2.05, 4.69) is 58.5 Å². The Morgan fingerprint density at radius 1 is 0.654 bits per heavy atom. The van der Waals surface area contributed by atoms with Crippen LogP contribution in [0.4, 0.5) is 0 Å². The van der Waals surface area contributed by atoms with Crippen LogP contribution >= 0.6 is 0 Å². The quantitative estimate of drug-likeness (QED) is 0.477. The number of nitrogens with zero attached hydrogens (tertiary/aromatic N) is 2. The number of aryl methyl sites for hydroxylation is 1. The van der Waals surface area contributed by atoms with E-state index in [-0.39, 0.29) is 0 Å². The smallest absolute Gasteiger partial charge is 0.0378 e. The number of hydrogen-bond acceptors (Lipinski definition) is 2. The number of pyridine rings is 2. The van der Waals surface area contributed by atoms with Crippen molar-refractivity contribution in [2.24, 2.45) is 0 Å². The Hall–Kier alpha value is -3.26. The van der Waals surface area contributed by atoms with Gasteiger partial charge >= 0.3 is 0 Å². The van der Waals surface area contributed by atoms with Crippen molar-refractivity contribution in [3.05, 3.63) is 120 Å². The maximum absolute atomic E-state index is 4.17. The molecule has 0 amide bonds. The first-order valence-corrected chi connectivity index (χ1v) is 8.72. The minimum atomic E-state index is 0.967. The third-order valence-corrected chi connectivity index (χ3v) is 3.98. The second kappa shape index (κ2) is 9.28. The molecule has 2 heterocycles. The zero-order valence-electron chi connectivity index (χ0n) is 14.9. The summed E-state index contributed by atoms with van der Waals surface area (Å²) in [4.78, 5) is 8.25. The Bertz CT molecular complexity index is 867. The Kier molecular flexibility index (Phi) is 6.27. The third kappa shape index (κ3) is 5.38. The zero-order chi connectivity index (χ0) is 18.0. The van der Waals surface area contributed by atoms with Gasteiger partial charge in [0.2, 0.25) is 0 Å². The molecule has 0 unspecified atom stereocenters. The van der Waals surface area contributed by atoms with Crippen molar-refractivity contribution >= 4 is 0 Å². The van der Waals surface area contributed by atoms with Crippen LogP contribution in [0.1, 0.15) is 16.8 Å². The fraction of sp³-hybridized carbons (Fsp3) is 0.0833. The molecule has 4 aromatic rings. The first kappa shape index (κ1) is 17.6. The lowest BCUT2D eigenvalue weighted by molar-refractivity contribution is 1.15. The van der Waals surface area contributed by atoms with Crippen molar-refractivity contribution in [2.45, 2.75) is 13.3 Å². The first-order chi connectivity index (χ1) is 12.8. The molecule has 0 saturated heterocycles. The van der Waals surface area contributed by atoms with E-state index in [4.69, 9.17) is 0 Å². The van der Waals surface area contributed by atoms with E-state index in [9.17, 15) is 0 Å². The summed E-state index contributed by atoms with van der Waals surface area (Å²) in [6.07, 6.45) is 6.52. The molecule has 0 aliphatic carbocycles. The van der Waals surface area contributed by atoms with Gasteiger partial charge < -0.3 is 0 Å². The van der Waals surface area contributed by atoms with Crippen molar-refractivity contribution < 1.29 is 0 Å². The standard InChI is InChI=1S/2C12H11N/c1-10-9-12(7-8-13-10)11-5-3-2-4-6-11;1-2-5-11(6-3-1)9-12-7-4-8-13-10-12/h2-9H,1H3;1-8,10H,9H2. The summed E-state index contributed by atoms with van der Waals surface area (Å²) < 4.78 is 0.